The van der Waals surface area contributed by atoms with Crippen LogP contribution in [0.4, 0.5) is 18.9 Å². The average Bonchev–Trinajstić information content (AvgIpc) is 2.41. The van der Waals surface area contributed by atoms with Crippen LogP contribution in [0.2, 0.25) is 0 Å². The molecule has 0 aliphatic rings. The Kier molecular flexibility index (Phi) is 3.69. The standard InChI is InChI=1S/C12H9F3N2O4/c1-5-7-3-2-6(4-8(7)11(20)21-17-5)16-10(19)9(18)12(13,14)15/h2-4,9,18H,1H3,(H,16,19). The second-order valence-electron chi connectivity index (χ2n) is 4.25. The number of anilines is 1. The molecule has 9 heteroatoms. The van der Waals surface area contributed by atoms with Crippen LogP contribution in [-0.4, -0.2) is 28.5 Å². The summed E-state index contributed by atoms with van der Waals surface area (Å²) in [7, 11) is 0. The van der Waals surface area contributed by atoms with Gasteiger partial charge in [0.15, 0.2) is 0 Å². The molecule has 1 aromatic carbocycles. The lowest BCUT2D eigenvalue weighted by atomic mass is 10.1. The van der Waals surface area contributed by atoms with Gasteiger partial charge in [0.2, 0.25) is 6.10 Å². The second kappa shape index (κ2) is 5.17. The average molecular weight is 302 g/mol. The lowest BCUT2D eigenvalue weighted by Crippen LogP contribution is -2.40. The lowest BCUT2D eigenvalue weighted by Gasteiger charge is -2.14. The zero-order chi connectivity index (χ0) is 15.8. The summed E-state index contributed by atoms with van der Waals surface area (Å²) in [4.78, 5) is 22.7. The highest BCUT2D eigenvalue weighted by molar-refractivity contribution is 5.97. The Labute approximate surface area is 115 Å². The first kappa shape index (κ1) is 15.0. The number of nitrogens with one attached hydrogen (secondary N) is 1. The Balaban J connectivity index is 2.35. The normalized spacial score (nSPS) is 13.2. The maximum atomic E-state index is 12.2. The maximum absolute atomic E-state index is 12.2. The van der Waals surface area contributed by atoms with E-state index >= 15 is 0 Å². The van der Waals surface area contributed by atoms with E-state index < -0.39 is 23.8 Å². The second-order valence-corrected chi connectivity index (χ2v) is 4.25. The lowest BCUT2D eigenvalue weighted by molar-refractivity contribution is -0.202. The molecule has 0 bridgehead atoms. The highest BCUT2D eigenvalue weighted by Gasteiger charge is 2.43. The van der Waals surface area contributed by atoms with E-state index in [1.165, 1.54) is 12.1 Å². The molecular formula is C12H9F3N2O4. The highest BCUT2D eigenvalue weighted by Crippen LogP contribution is 2.22. The van der Waals surface area contributed by atoms with Gasteiger partial charge >= 0.3 is 11.8 Å². The Bertz CT molecular complexity index is 754. The summed E-state index contributed by atoms with van der Waals surface area (Å²) in [6, 6.07) is 3.85. The predicted octanol–water partition coefficient (Wildman–Crippen LogP) is 1.36. The van der Waals surface area contributed by atoms with Crippen LogP contribution in [0.1, 0.15) is 5.69 Å². The summed E-state index contributed by atoms with van der Waals surface area (Å²) in [5.41, 5.74) is -0.449. The zero-order valence-electron chi connectivity index (χ0n) is 10.6. The van der Waals surface area contributed by atoms with Crippen molar-refractivity contribution in [1.82, 2.24) is 5.16 Å². The van der Waals surface area contributed by atoms with Crippen molar-refractivity contribution in [2.45, 2.75) is 19.2 Å². The third kappa shape index (κ3) is 3.02. The van der Waals surface area contributed by atoms with Gasteiger partial charge in [0.1, 0.15) is 0 Å². The van der Waals surface area contributed by atoms with E-state index in [0.717, 1.165) is 6.07 Å². The minimum atomic E-state index is -5.07. The van der Waals surface area contributed by atoms with Crippen molar-refractivity contribution in [1.29, 1.82) is 0 Å². The summed E-state index contributed by atoms with van der Waals surface area (Å²) >= 11 is 0. The van der Waals surface area contributed by atoms with Crippen molar-refractivity contribution in [3.05, 3.63) is 34.3 Å². The molecule has 1 heterocycles. The number of rotatable bonds is 2. The van der Waals surface area contributed by atoms with Crippen LogP contribution in [0.25, 0.3) is 10.8 Å². The minimum absolute atomic E-state index is 0.0572. The zero-order valence-corrected chi connectivity index (χ0v) is 10.6. The van der Waals surface area contributed by atoms with Gasteiger partial charge in [0.25, 0.3) is 5.91 Å². The molecular weight excluding hydrogens is 293 g/mol. The van der Waals surface area contributed by atoms with Gasteiger partial charge in [-0.25, -0.2) is 4.79 Å². The first-order valence-electron chi connectivity index (χ1n) is 5.66. The van der Waals surface area contributed by atoms with E-state index in [9.17, 15) is 22.8 Å². The topological polar surface area (TPSA) is 92.4 Å². The van der Waals surface area contributed by atoms with Crippen molar-refractivity contribution in [3.8, 4) is 0 Å². The first-order valence-corrected chi connectivity index (χ1v) is 5.66. The fraction of sp³-hybridized carbons (Fsp3) is 0.250. The van der Waals surface area contributed by atoms with E-state index in [1.54, 1.807) is 6.92 Å². The number of carbonyl (C=O) groups excluding carboxylic acids is 1. The van der Waals surface area contributed by atoms with Gasteiger partial charge in [-0.15, -0.1) is 0 Å². The van der Waals surface area contributed by atoms with Gasteiger partial charge in [-0.05, 0) is 19.1 Å². The molecule has 0 saturated heterocycles. The SMILES string of the molecule is Cc1noc(=O)c2cc(NC(=O)C(O)C(F)(F)F)ccc12. The number of alkyl halides is 3. The number of aliphatic hydroxyl groups excluding tert-OH is 1. The quantitative estimate of drug-likeness (QED) is 0.873. The van der Waals surface area contributed by atoms with Crippen LogP contribution in [-0.2, 0) is 4.79 Å². The molecule has 1 unspecified atom stereocenters. The molecule has 0 aliphatic heterocycles. The van der Waals surface area contributed by atoms with E-state index in [1.807, 2.05) is 5.32 Å². The van der Waals surface area contributed by atoms with E-state index in [4.69, 9.17) is 5.11 Å². The summed E-state index contributed by atoms with van der Waals surface area (Å²) in [6.07, 6.45) is -8.22. The summed E-state index contributed by atoms with van der Waals surface area (Å²) in [5, 5.41) is 14.7. The number of amides is 1. The maximum Gasteiger partial charge on any atom is 0.423 e. The molecule has 2 N–H and O–H groups in total. The number of hydrogen-bond acceptors (Lipinski definition) is 5. The molecule has 21 heavy (non-hydrogen) atoms. The molecule has 1 aromatic heterocycles. The van der Waals surface area contributed by atoms with Gasteiger partial charge < -0.3 is 14.9 Å². The van der Waals surface area contributed by atoms with Crippen LogP contribution < -0.4 is 10.9 Å². The number of halogens is 3. The Morgan fingerprint density at radius 3 is 2.67 bits per heavy atom. The molecule has 2 rings (SSSR count). The number of fused-ring (bicyclic) bond motifs is 1. The number of aliphatic hydroxyl groups is 1. The van der Waals surface area contributed by atoms with Crippen molar-refractivity contribution in [2.75, 3.05) is 5.32 Å². The van der Waals surface area contributed by atoms with E-state index in [-0.39, 0.29) is 11.1 Å². The van der Waals surface area contributed by atoms with Crippen molar-refractivity contribution >= 4 is 22.4 Å². The first-order chi connectivity index (χ1) is 9.70. The van der Waals surface area contributed by atoms with Crippen molar-refractivity contribution in [3.63, 3.8) is 0 Å². The molecule has 1 amide bonds. The van der Waals surface area contributed by atoms with Crippen LogP contribution >= 0.6 is 0 Å². The molecule has 112 valence electrons. The van der Waals surface area contributed by atoms with Gasteiger partial charge in [-0.3, -0.25) is 4.79 Å². The minimum Gasteiger partial charge on any atom is -0.376 e. The van der Waals surface area contributed by atoms with Crippen LogP contribution in [0.3, 0.4) is 0 Å². The Hall–Kier alpha value is -2.42. The van der Waals surface area contributed by atoms with Gasteiger partial charge in [0.05, 0.1) is 11.1 Å². The number of benzene rings is 1. The molecule has 6 nitrogen and oxygen atoms in total. The number of carbonyl (C=O) groups is 1. The van der Waals surface area contributed by atoms with Gasteiger partial charge in [0, 0.05) is 11.1 Å². The van der Waals surface area contributed by atoms with Crippen LogP contribution in [0, 0.1) is 6.92 Å². The third-order valence-electron chi connectivity index (χ3n) is 2.72. The number of nitrogens with zero attached hydrogens (tertiary/aromatic N) is 1. The number of aryl methyl sites for hydroxylation is 1. The third-order valence-corrected chi connectivity index (χ3v) is 2.72. The van der Waals surface area contributed by atoms with E-state index in [2.05, 4.69) is 9.68 Å². The molecule has 2 aromatic rings. The molecule has 0 aliphatic carbocycles. The molecule has 0 radical (unpaired) electrons. The van der Waals surface area contributed by atoms with Gasteiger partial charge in [-0.2, -0.15) is 13.2 Å². The highest BCUT2D eigenvalue weighted by atomic mass is 19.4. The summed E-state index contributed by atoms with van der Waals surface area (Å²) in [5.74, 6) is -1.64. The largest absolute Gasteiger partial charge is 0.423 e. The van der Waals surface area contributed by atoms with Crippen LogP contribution in [0.15, 0.2) is 27.5 Å². The molecule has 1 atom stereocenters. The van der Waals surface area contributed by atoms with E-state index in [0.29, 0.717) is 11.1 Å². The van der Waals surface area contributed by atoms with Gasteiger partial charge in [-0.1, -0.05) is 11.2 Å². The monoisotopic (exact) mass is 302 g/mol. The summed E-state index contributed by atoms with van der Waals surface area (Å²) in [6.45, 7) is 1.58. The Morgan fingerprint density at radius 1 is 1.38 bits per heavy atom. The van der Waals surface area contributed by atoms with Crippen molar-refractivity contribution < 1.29 is 27.6 Å². The number of hydrogen-bond donors (Lipinski definition) is 2. The van der Waals surface area contributed by atoms with Crippen molar-refractivity contribution in [2.24, 2.45) is 0 Å². The molecule has 0 saturated carbocycles. The molecule has 0 fully saturated rings. The van der Waals surface area contributed by atoms with Crippen LogP contribution in [0.5, 0.6) is 0 Å². The fourth-order valence-electron chi connectivity index (χ4n) is 1.67. The predicted molar refractivity (Wildman–Crippen MR) is 65.7 cm³/mol. The number of aromatic nitrogens is 1. The molecule has 0 spiro atoms. The smallest absolute Gasteiger partial charge is 0.376 e. The Morgan fingerprint density at radius 2 is 2.05 bits per heavy atom. The fourth-order valence-corrected chi connectivity index (χ4v) is 1.67. The summed E-state index contributed by atoms with van der Waals surface area (Å²) < 4.78 is 41.0.